The summed E-state index contributed by atoms with van der Waals surface area (Å²) in [6, 6.07) is 0. The van der Waals surface area contributed by atoms with Gasteiger partial charge in [0.25, 0.3) is 0 Å². The summed E-state index contributed by atoms with van der Waals surface area (Å²) in [7, 11) is 0. The van der Waals surface area contributed by atoms with Gasteiger partial charge in [0.1, 0.15) is 0 Å². The van der Waals surface area contributed by atoms with E-state index in [1.54, 1.807) is 0 Å². The lowest BCUT2D eigenvalue weighted by Crippen LogP contribution is -2.33. The molecule has 1 nitrogen and oxygen atoms in total. The molecule has 0 aliphatic carbocycles. The summed E-state index contributed by atoms with van der Waals surface area (Å²) in [6.07, 6.45) is 2.39. The van der Waals surface area contributed by atoms with Crippen LogP contribution in [0.3, 0.4) is 0 Å². The highest BCUT2D eigenvalue weighted by atomic mass is 14.9. The van der Waals surface area contributed by atoms with E-state index >= 15 is 0 Å². The van der Waals surface area contributed by atoms with Gasteiger partial charge in [0.15, 0.2) is 0 Å². The molecule has 1 aliphatic heterocycles. The standard InChI is InChI=1S/C15H29N/c1-11(2)9-13(3,4)12-10-14(5,6)15(7,8)16-12/h11H,9-10H2,1-8H3. The van der Waals surface area contributed by atoms with Crippen molar-refractivity contribution in [2.75, 3.05) is 0 Å². The molecular weight excluding hydrogens is 194 g/mol. The lowest BCUT2D eigenvalue weighted by atomic mass is 9.71. The molecule has 0 N–H and O–H groups in total. The molecule has 0 amide bonds. The Labute approximate surface area is 102 Å². The summed E-state index contributed by atoms with van der Waals surface area (Å²) in [4.78, 5) is 5.01. The molecule has 0 aromatic rings. The maximum Gasteiger partial charge on any atom is 0.0606 e. The first-order valence-electron chi connectivity index (χ1n) is 6.57. The van der Waals surface area contributed by atoms with Crippen molar-refractivity contribution in [1.82, 2.24) is 0 Å². The Balaban J connectivity index is 2.93. The minimum Gasteiger partial charge on any atom is -0.287 e. The van der Waals surface area contributed by atoms with Crippen molar-refractivity contribution in [3.05, 3.63) is 0 Å². The fraction of sp³-hybridized carbons (Fsp3) is 0.933. The van der Waals surface area contributed by atoms with Crippen molar-refractivity contribution in [3.8, 4) is 0 Å². The van der Waals surface area contributed by atoms with Gasteiger partial charge in [-0.05, 0) is 38.0 Å². The Morgan fingerprint density at radius 1 is 1.19 bits per heavy atom. The molecule has 0 saturated carbocycles. The Morgan fingerprint density at radius 2 is 1.69 bits per heavy atom. The van der Waals surface area contributed by atoms with Crippen LogP contribution in [0.1, 0.15) is 68.2 Å². The zero-order valence-corrected chi connectivity index (χ0v) is 12.4. The zero-order valence-electron chi connectivity index (χ0n) is 12.4. The molecule has 0 bridgehead atoms. The van der Waals surface area contributed by atoms with E-state index in [2.05, 4.69) is 55.4 Å². The molecule has 0 fully saturated rings. The van der Waals surface area contributed by atoms with Crippen molar-refractivity contribution in [1.29, 1.82) is 0 Å². The van der Waals surface area contributed by atoms with Crippen LogP contribution in [0, 0.1) is 16.7 Å². The monoisotopic (exact) mass is 223 g/mol. The van der Waals surface area contributed by atoms with Crippen LogP contribution in [0.2, 0.25) is 0 Å². The second-order valence-electron chi connectivity index (χ2n) is 7.66. The molecule has 0 aromatic heterocycles. The summed E-state index contributed by atoms with van der Waals surface area (Å²) in [5, 5.41) is 0. The molecule has 1 heteroatoms. The molecule has 1 heterocycles. The Kier molecular flexibility index (Phi) is 3.31. The Morgan fingerprint density at radius 3 is 2.00 bits per heavy atom. The Bertz CT molecular complexity index is 293. The molecule has 16 heavy (non-hydrogen) atoms. The normalized spacial score (nSPS) is 23.7. The average molecular weight is 223 g/mol. The maximum absolute atomic E-state index is 5.01. The number of rotatable bonds is 3. The summed E-state index contributed by atoms with van der Waals surface area (Å²) in [5.74, 6) is 0.740. The van der Waals surface area contributed by atoms with Gasteiger partial charge in [-0.1, -0.05) is 41.5 Å². The van der Waals surface area contributed by atoms with Gasteiger partial charge in [-0.2, -0.15) is 0 Å². The third kappa shape index (κ3) is 2.49. The van der Waals surface area contributed by atoms with Crippen LogP contribution in [0.25, 0.3) is 0 Å². The van der Waals surface area contributed by atoms with Crippen LogP contribution in [0.5, 0.6) is 0 Å². The highest BCUT2D eigenvalue weighted by Gasteiger charge is 2.46. The maximum atomic E-state index is 5.01. The van der Waals surface area contributed by atoms with E-state index in [4.69, 9.17) is 4.99 Å². The Hall–Kier alpha value is -0.330. The number of hydrogen-bond donors (Lipinski definition) is 0. The van der Waals surface area contributed by atoms with Crippen LogP contribution in [-0.4, -0.2) is 11.3 Å². The van der Waals surface area contributed by atoms with E-state index in [-0.39, 0.29) is 11.0 Å². The van der Waals surface area contributed by atoms with E-state index in [9.17, 15) is 0 Å². The first kappa shape index (κ1) is 13.7. The molecule has 1 rings (SSSR count). The molecule has 0 saturated heterocycles. The van der Waals surface area contributed by atoms with Gasteiger partial charge in [-0.3, -0.25) is 4.99 Å². The van der Waals surface area contributed by atoms with Gasteiger partial charge < -0.3 is 0 Å². The van der Waals surface area contributed by atoms with Crippen molar-refractivity contribution < 1.29 is 0 Å². The highest BCUT2D eigenvalue weighted by molar-refractivity contribution is 5.92. The van der Waals surface area contributed by atoms with Crippen LogP contribution in [-0.2, 0) is 0 Å². The number of hydrogen-bond acceptors (Lipinski definition) is 1. The molecule has 0 radical (unpaired) electrons. The van der Waals surface area contributed by atoms with Crippen molar-refractivity contribution in [2.45, 2.75) is 73.8 Å². The minimum absolute atomic E-state index is 0.0938. The van der Waals surface area contributed by atoms with Crippen molar-refractivity contribution in [3.63, 3.8) is 0 Å². The van der Waals surface area contributed by atoms with Gasteiger partial charge in [-0.25, -0.2) is 0 Å². The summed E-state index contributed by atoms with van der Waals surface area (Å²) >= 11 is 0. The van der Waals surface area contributed by atoms with Gasteiger partial charge in [0, 0.05) is 11.1 Å². The molecule has 1 aliphatic rings. The number of nitrogens with zero attached hydrogens (tertiary/aromatic N) is 1. The van der Waals surface area contributed by atoms with Gasteiger partial charge in [0.05, 0.1) is 5.54 Å². The third-order valence-corrected chi connectivity index (χ3v) is 4.38. The number of aliphatic imine (C=N–C) groups is 1. The molecule has 0 spiro atoms. The molecule has 94 valence electrons. The van der Waals surface area contributed by atoms with Gasteiger partial charge in [-0.15, -0.1) is 0 Å². The largest absolute Gasteiger partial charge is 0.287 e. The smallest absolute Gasteiger partial charge is 0.0606 e. The first-order valence-corrected chi connectivity index (χ1v) is 6.57. The summed E-state index contributed by atoms with van der Waals surface area (Å²) in [5.41, 5.74) is 2.09. The van der Waals surface area contributed by atoms with E-state index < -0.39 is 0 Å². The third-order valence-electron chi connectivity index (χ3n) is 4.38. The van der Waals surface area contributed by atoms with Crippen molar-refractivity contribution >= 4 is 5.71 Å². The van der Waals surface area contributed by atoms with E-state index in [0.29, 0.717) is 5.41 Å². The predicted molar refractivity (Wildman–Crippen MR) is 73.1 cm³/mol. The molecule has 0 aromatic carbocycles. The lowest BCUT2D eigenvalue weighted by molar-refractivity contribution is 0.237. The van der Waals surface area contributed by atoms with E-state index in [1.165, 1.54) is 12.1 Å². The van der Waals surface area contributed by atoms with Gasteiger partial charge in [0.2, 0.25) is 0 Å². The van der Waals surface area contributed by atoms with Crippen LogP contribution < -0.4 is 0 Å². The second kappa shape index (κ2) is 3.85. The fourth-order valence-electron chi connectivity index (χ4n) is 2.69. The van der Waals surface area contributed by atoms with Crippen LogP contribution >= 0.6 is 0 Å². The minimum atomic E-state index is 0.0938. The summed E-state index contributed by atoms with van der Waals surface area (Å²) < 4.78 is 0. The molecule has 0 atom stereocenters. The predicted octanol–water partition coefficient (Wildman–Crippen LogP) is 4.71. The van der Waals surface area contributed by atoms with Gasteiger partial charge >= 0.3 is 0 Å². The molecule has 0 unspecified atom stereocenters. The van der Waals surface area contributed by atoms with E-state index in [1.807, 2.05) is 0 Å². The first-order chi connectivity index (χ1) is 6.98. The zero-order chi connectivity index (χ0) is 12.8. The van der Waals surface area contributed by atoms with Crippen LogP contribution in [0.4, 0.5) is 0 Å². The highest BCUT2D eigenvalue weighted by Crippen LogP contribution is 2.47. The SMILES string of the molecule is CC(C)CC(C)(C)C1=NC(C)(C)C(C)(C)C1. The lowest BCUT2D eigenvalue weighted by Gasteiger charge is -2.32. The second-order valence-corrected chi connectivity index (χ2v) is 7.66. The molecular formula is C15H29N. The summed E-state index contributed by atoms with van der Waals surface area (Å²) in [6.45, 7) is 18.5. The average Bonchev–Trinajstić information content (AvgIpc) is 2.18. The quantitative estimate of drug-likeness (QED) is 0.657. The van der Waals surface area contributed by atoms with Crippen LogP contribution in [0.15, 0.2) is 4.99 Å². The van der Waals surface area contributed by atoms with Crippen molar-refractivity contribution in [2.24, 2.45) is 21.7 Å². The topological polar surface area (TPSA) is 12.4 Å². The fourth-order valence-corrected chi connectivity index (χ4v) is 2.69. The van der Waals surface area contributed by atoms with E-state index in [0.717, 1.165) is 12.3 Å².